The number of hydrogen-bond acceptors (Lipinski definition) is 2. The second-order valence-corrected chi connectivity index (χ2v) is 7.03. The van der Waals surface area contributed by atoms with Crippen LogP contribution in [-0.2, 0) is 16.0 Å². The van der Waals surface area contributed by atoms with E-state index in [2.05, 4.69) is 19.2 Å². The second kappa shape index (κ2) is 8.34. The standard InChI is InChI=1S/C18H25ClN2O2/c1-13(2)8-10-21-12-15(11-17(21)22)18(23)20-9-7-14-3-5-16(19)6-4-14/h3-6,13,15H,7-12H2,1-2H3,(H,20,23). The summed E-state index contributed by atoms with van der Waals surface area (Å²) in [5.74, 6) is 0.442. The van der Waals surface area contributed by atoms with Gasteiger partial charge < -0.3 is 10.2 Å². The molecule has 1 aliphatic rings. The van der Waals surface area contributed by atoms with Gasteiger partial charge in [-0.3, -0.25) is 9.59 Å². The first kappa shape index (κ1) is 17.8. The minimum atomic E-state index is -0.208. The van der Waals surface area contributed by atoms with Crippen LogP contribution in [0.4, 0.5) is 0 Å². The van der Waals surface area contributed by atoms with E-state index in [1.807, 2.05) is 29.2 Å². The van der Waals surface area contributed by atoms with Crippen molar-refractivity contribution in [3.63, 3.8) is 0 Å². The van der Waals surface area contributed by atoms with Gasteiger partial charge in [-0.2, -0.15) is 0 Å². The fraction of sp³-hybridized carbons (Fsp3) is 0.556. The lowest BCUT2D eigenvalue weighted by Crippen LogP contribution is -2.34. The third-order valence-corrected chi connectivity index (χ3v) is 4.44. The molecule has 4 nitrogen and oxygen atoms in total. The fourth-order valence-electron chi connectivity index (χ4n) is 2.70. The topological polar surface area (TPSA) is 49.4 Å². The van der Waals surface area contributed by atoms with Crippen LogP contribution in [0.15, 0.2) is 24.3 Å². The highest BCUT2D eigenvalue weighted by atomic mass is 35.5. The summed E-state index contributed by atoms with van der Waals surface area (Å²) in [5.41, 5.74) is 1.13. The minimum Gasteiger partial charge on any atom is -0.355 e. The summed E-state index contributed by atoms with van der Waals surface area (Å²) in [6.07, 6.45) is 2.09. The van der Waals surface area contributed by atoms with Crippen molar-refractivity contribution in [1.29, 1.82) is 0 Å². The lowest BCUT2D eigenvalue weighted by molar-refractivity contribution is -0.129. The number of carbonyl (C=O) groups is 2. The van der Waals surface area contributed by atoms with Crippen LogP contribution in [0.25, 0.3) is 0 Å². The van der Waals surface area contributed by atoms with Gasteiger partial charge in [0.05, 0.1) is 5.92 Å². The number of benzene rings is 1. The Hall–Kier alpha value is -1.55. The van der Waals surface area contributed by atoms with Crippen LogP contribution >= 0.6 is 11.6 Å². The molecule has 0 spiro atoms. The number of hydrogen-bond donors (Lipinski definition) is 1. The third-order valence-electron chi connectivity index (χ3n) is 4.19. The van der Waals surface area contributed by atoms with Crippen molar-refractivity contribution >= 4 is 23.4 Å². The van der Waals surface area contributed by atoms with E-state index in [-0.39, 0.29) is 17.7 Å². The molecule has 2 rings (SSSR count). The van der Waals surface area contributed by atoms with E-state index in [4.69, 9.17) is 11.6 Å². The lowest BCUT2D eigenvalue weighted by Gasteiger charge is -2.17. The maximum atomic E-state index is 12.2. The van der Waals surface area contributed by atoms with E-state index in [0.717, 1.165) is 24.9 Å². The fourth-order valence-corrected chi connectivity index (χ4v) is 2.83. The van der Waals surface area contributed by atoms with E-state index in [1.165, 1.54) is 0 Å². The molecular weight excluding hydrogens is 312 g/mol. The second-order valence-electron chi connectivity index (χ2n) is 6.59. The number of likely N-dealkylation sites (tertiary alicyclic amines) is 1. The molecule has 0 radical (unpaired) electrons. The van der Waals surface area contributed by atoms with Crippen molar-refractivity contribution in [2.45, 2.75) is 33.1 Å². The van der Waals surface area contributed by atoms with Crippen LogP contribution in [0.2, 0.25) is 5.02 Å². The first-order valence-corrected chi connectivity index (χ1v) is 8.63. The molecule has 0 aromatic heterocycles. The smallest absolute Gasteiger partial charge is 0.225 e. The van der Waals surface area contributed by atoms with Crippen molar-refractivity contribution in [2.24, 2.45) is 11.8 Å². The Morgan fingerprint density at radius 1 is 1.35 bits per heavy atom. The van der Waals surface area contributed by atoms with Crippen LogP contribution in [0.5, 0.6) is 0 Å². The summed E-state index contributed by atoms with van der Waals surface area (Å²) in [5, 5.41) is 3.65. The van der Waals surface area contributed by atoms with Crippen molar-refractivity contribution in [1.82, 2.24) is 10.2 Å². The first-order valence-electron chi connectivity index (χ1n) is 8.25. The molecule has 1 aromatic carbocycles. The number of amides is 2. The molecule has 1 aromatic rings. The highest BCUT2D eigenvalue weighted by molar-refractivity contribution is 6.30. The van der Waals surface area contributed by atoms with E-state index in [1.54, 1.807) is 0 Å². The quantitative estimate of drug-likeness (QED) is 0.832. The van der Waals surface area contributed by atoms with Crippen molar-refractivity contribution < 1.29 is 9.59 Å². The van der Waals surface area contributed by atoms with Gasteiger partial charge in [-0.25, -0.2) is 0 Å². The number of carbonyl (C=O) groups excluding carboxylic acids is 2. The summed E-state index contributed by atoms with van der Waals surface area (Å²) in [6, 6.07) is 7.62. The van der Waals surface area contributed by atoms with Gasteiger partial charge in [-0.1, -0.05) is 37.6 Å². The number of nitrogens with zero attached hydrogens (tertiary/aromatic N) is 1. The van der Waals surface area contributed by atoms with Gasteiger partial charge in [0.25, 0.3) is 0 Å². The molecule has 126 valence electrons. The number of rotatable bonds is 7. The van der Waals surface area contributed by atoms with Crippen LogP contribution < -0.4 is 5.32 Å². The molecule has 5 heteroatoms. The van der Waals surface area contributed by atoms with Gasteiger partial charge in [0, 0.05) is 31.1 Å². The predicted molar refractivity (Wildman–Crippen MR) is 92.3 cm³/mol. The van der Waals surface area contributed by atoms with Crippen LogP contribution in [0.1, 0.15) is 32.3 Å². The van der Waals surface area contributed by atoms with Crippen LogP contribution in [0.3, 0.4) is 0 Å². The summed E-state index contributed by atoms with van der Waals surface area (Å²) < 4.78 is 0. The molecule has 1 saturated heterocycles. The van der Waals surface area contributed by atoms with Gasteiger partial charge in [0.2, 0.25) is 11.8 Å². The van der Waals surface area contributed by atoms with Gasteiger partial charge in [-0.05, 0) is 36.5 Å². The van der Waals surface area contributed by atoms with Gasteiger partial charge in [0.15, 0.2) is 0 Å². The predicted octanol–water partition coefficient (Wildman–Crippen LogP) is 2.89. The van der Waals surface area contributed by atoms with E-state index >= 15 is 0 Å². The maximum absolute atomic E-state index is 12.2. The molecule has 1 N–H and O–H groups in total. The molecular formula is C18H25ClN2O2. The molecule has 2 amide bonds. The number of nitrogens with one attached hydrogen (secondary N) is 1. The molecule has 0 aliphatic carbocycles. The zero-order chi connectivity index (χ0) is 16.8. The highest BCUT2D eigenvalue weighted by Gasteiger charge is 2.33. The minimum absolute atomic E-state index is 0.0145. The van der Waals surface area contributed by atoms with Crippen molar-refractivity contribution in [2.75, 3.05) is 19.6 Å². The molecule has 1 aliphatic heterocycles. The largest absolute Gasteiger partial charge is 0.355 e. The molecule has 1 fully saturated rings. The Labute approximate surface area is 143 Å². The summed E-state index contributed by atoms with van der Waals surface area (Å²) in [4.78, 5) is 26.0. The first-order chi connectivity index (χ1) is 11.0. The van der Waals surface area contributed by atoms with Crippen LogP contribution in [0, 0.1) is 11.8 Å². The Bertz CT molecular complexity index is 542. The Balaban J connectivity index is 1.73. The summed E-state index contributed by atoms with van der Waals surface area (Å²) in [7, 11) is 0. The third kappa shape index (κ3) is 5.54. The SMILES string of the molecule is CC(C)CCN1CC(C(=O)NCCc2ccc(Cl)cc2)CC1=O. The average molecular weight is 337 g/mol. The Morgan fingerprint density at radius 3 is 2.70 bits per heavy atom. The summed E-state index contributed by atoms with van der Waals surface area (Å²) in [6.45, 7) is 6.17. The molecule has 1 heterocycles. The van der Waals surface area contributed by atoms with E-state index in [0.29, 0.717) is 30.5 Å². The molecule has 0 saturated carbocycles. The summed E-state index contributed by atoms with van der Waals surface area (Å²) >= 11 is 5.85. The van der Waals surface area contributed by atoms with Gasteiger partial charge in [0.1, 0.15) is 0 Å². The Kier molecular flexibility index (Phi) is 6.46. The van der Waals surface area contributed by atoms with Gasteiger partial charge in [-0.15, -0.1) is 0 Å². The Morgan fingerprint density at radius 2 is 2.04 bits per heavy atom. The zero-order valence-electron chi connectivity index (χ0n) is 13.8. The lowest BCUT2D eigenvalue weighted by atomic mass is 10.1. The van der Waals surface area contributed by atoms with Crippen molar-refractivity contribution in [3.05, 3.63) is 34.9 Å². The highest BCUT2D eigenvalue weighted by Crippen LogP contribution is 2.19. The maximum Gasteiger partial charge on any atom is 0.225 e. The zero-order valence-corrected chi connectivity index (χ0v) is 14.6. The number of halogens is 1. The average Bonchev–Trinajstić information content (AvgIpc) is 2.88. The van der Waals surface area contributed by atoms with Crippen molar-refractivity contribution in [3.8, 4) is 0 Å². The monoisotopic (exact) mass is 336 g/mol. The van der Waals surface area contributed by atoms with Gasteiger partial charge >= 0.3 is 0 Å². The van der Waals surface area contributed by atoms with E-state index < -0.39 is 0 Å². The molecule has 0 bridgehead atoms. The molecule has 23 heavy (non-hydrogen) atoms. The normalized spacial score (nSPS) is 17.8. The van der Waals surface area contributed by atoms with Crippen LogP contribution in [-0.4, -0.2) is 36.3 Å². The molecule has 1 atom stereocenters. The van der Waals surface area contributed by atoms with E-state index in [9.17, 15) is 9.59 Å². The molecule has 1 unspecified atom stereocenters.